The molecule has 0 aliphatic carbocycles. The summed E-state index contributed by atoms with van der Waals surface area (Å²) in [5, 5.41) is 1.82. The largest absolute Gasteiger partial charge is 0.236 e. The molecule has 0 saturated carbocycles. The average molecular weight is 206 g/mol. The first-order chi connectivity index (χ1) is 6.61. The monoisotopic (exact) mass is 205 g/mol. The van der Waals surface area contributed by atoms with E-state index in [9.17, 15) is 0 Å². The van der Waals surface area contributed by atoms with Crippen molar-refractivity contribution >= 4 is 22.5 Å². The van der Waals surface area contributed by atoms with Gasteiger partial charge in [-0.15, -0.1) is 0 Å². The molecule has 72 valence electrons. The van der Waals surface area contributed by atoms with Gasteiger partial charge in [0.05, 0.1) is 5.52 Å². The van der Waals surface area contributed by atoms with E-state index >= 15 is 0 Å². The molecule has 0 aliphatic heterocycles. The van der Waals surface area contributed by atoms with Crippen molar-refractivity contribution in [1.82, 2.24) is 4.98 Å². The van der Waals surface area contributed by atoms with Gasteiger partial charge in [-0.2, -0.15) is 0 Å². The molecule has 0 saturated heterocycles. The summed E-state index contributed by atoms with van der Waals surface area (Å²) in [6.45, 7) is 6.15. The number of halogens is 1. The Morgan fingerprint density at radius 3 is 2.50 bits per heavy atom. The fourth-order valence-electron chi connectivity index (χ4n) is 1.65. The Bertz CT molecular complexity index is 503. The van der Waals surface area contributed by atoms with Crippen molar-refractivity contribution in [3.05, 3.63) is 40.0 Å². The number of aryl methyl sites for hydroxylation is 2. The van der Waals surface area contributed by atoms with Crippen molar-refractivity contribution in [2.75, 3.05) is 0 Å². The number of hydrogen-bond donors (Lipinski definition) is 0. The van der Waals surface area contributed by atoms with E-state index in [1.807, 2.05) is 6.92 Å². The van der Waals surface area contributed by atoms with E-state index in [2.05, 4.69) is 37.0 Å². The predicted octanol–water partition coefficient (Wildman–Crippen LogP) is 3.81. The second-order valence-electron chi connectivity index (χ2n) is 3.62. The Kier molecular flexibility index (Phi) is 2.20. The molecule has 14 heavy (non-hydrogen) atoms. The highest BCUT2D eigenvalue weighted by Crippen LogP contribution is 2.26. The highest BCUT2D eigenvalue weighted by molar-refractivity contribution is 6.30. The molecule has 0 aliphatic rings. The van der Waals surface area contributed by atoms with Crippen LogP contribution in [-0.4, -0.2) is 4.98 Å². The van der Waals surface area contributed by atoms with Crippen molar-refractivity contribution < 1.29 is 0 Å². The van der Waals surface area contributed by atoms with E-state index in [0.717, 1.165) is 11.1 Å². The van der Waals surface area contributed by atoms with E-state index in [-0.39, 0.29) is 0 Å². The van der Waals surface area contributed by atoms with Crippen LogP contribution in [0.15, 0.2) is 18.2 Å². The second-order valence-corrected chi connectivity index (χ2v) is 3.98. The van der Waals surface area contributed by atoms with Crippen molar-refractivity contribution in [1.29, 1.82) is 0 Å². The molecule has 0 amide bonds. The van der Waals surface area contributed by atoms with Gasteiger partial charge in [0.1, 0.15) is 5.15 Å². The summed E-state index contributed by atoms with van der Waals surface area (Å²) in [4.78, 5) is 4.40. The topological polar surface area (TPSA) is 12.9 Å². The Morgan fingerprint density at radius 1 is 1.07 bits per heavy atom. The fourth-order valence-corrected chi connectivity index (χ4v) is 1.87. The van der Waals surface area contributed by atoms with E-state index in [4.69, 9.17) is 11.6 Å². The normalized spacial score (nSPS) is 10.9. The molecule has 1 aromatic carbocycles. The van der Waals surface area contributed by atoms with Crippen LogP contribution in [0, 0.1) is 20.8 Å². The number of hydrogen-bond acceptors (Lipinski definition) is 1. The molecular formula is C12H12ClN. The number of fused-ring (bicyclic) bond motifs is 1. The lowest BCUT2D eigenvalue weighted by molar-refractivity contribution is 1.26. The standard InChI is InChI=1S/C12H12ClN/c1-7-5-4-6-10-8(2)9(3)12(13)14-11(7)10/h4-6H,1-3H3. The summed E-state index contributed by atoms with van der Waals surface area (Å²) in [7, 11) is 0. The maximum atomic E-state index is 6.05. The van der Waals surface area contributed by atoms with Crippen LogP contribution in [0.4, 0.5) is 0 Å². The highest BCUT2D eigenvalue weighted by Gasteiger charge is 2.07. The average Bonchev–Trinajstić information content (AvgIpc) is 2.17. The zero-order chi connectivity index (χ0) is 10.3. The van der Waals surface area contributed by atoms with Crippen molar-refractivity contribution in [3.8, 4) is 0 Å². The van der Waals surface area contributed by atoms with Gasteiger partial charge >= 0.3 is 0 Å². The van der Waals surface area contributed by atoms with Gasteiger partial charge in [-0.05, 0) is 37.5 Å². The van der Waals surface area contributed by atoms with Crippen LogP contribution < -0.4 is 0 Å². The fraction of sp³-hybridized carbons (Fsp3) is 0.250. The molecule has 0 fully saturated rings. The molecule has 1 aromatic heterocycles. The molecule has 1 nitrogen and oxygen atoms in total. The summed E-state index contributed by atoms with van der Waals surface area (Å²) < 4.78 is 0. The Hall–Kier alpha value is -1.08. The molecule has 0 N–H and O–H groups in total. The molecule has 0 bridgehead atoms. The molecule has 2 heteroatoms. The van der Waals surface area contributed by atoms with Crippen LogP contribution in [-0.2, 0) is 0 Å². The summed E-state index contributed by atoms with van der Waals surface area (Å²) in [5.41, 5.74) is 4.49. The summed E-state index contributed by atoms with van der Waals surface area (Å²) in [6, 6.07) is 6.20. The molecule has 0 spiro atoms. The van der Waals surface area contributed by atoms with E-state index in [0.29, 0.717) is 5.15 Å². The van der Waals surface area contributed by atoms with Gasteiger partial charge in [-0.25, -0.2) is 4.98 Å². The van der Waals surface area contributed by atoms with E-state index in [1.165, 1.54) is 16.5 Å². The third kappa shape index (κ3) is 1.28. The smallest absolute Gasteiger partial charge is 0.132 e. The lowest BCUT2D eigenvalue weighted by Gasteiger charge is -2.08. The maximum absolute atomic E-state index is 6.05. The van der Waals surface area contributed by atoms with Gasteiger partial charge in [0.25, 0.3) is 0 Å². The lowest BCUT2D eigenvalue weighted by Crippen LogP contribution is -1.91. The second kappa shape index (κ2) is 3.25. The van der Waals surface area contributed by atoms with Gasteiger partial charge in [-0.1, -0.05) is 29.8 Å². The third-order valence-corrected chi connectivity index (χ3v) is 3.09. The van der Waals surface area contributed by atoms with Gasteiger partial charge in [0.2, 0.25) is 0 Å². The molecular weight excluding hydrogens is 194 g/mol. The van der Waals surface area contributed by atoms with Crippen LogP contribution in [0.25, 0.3) is 10.9 Å². The maximum Gasteiger partial charge on any atom is 0.132 e. The van der Waals surface area contributed by atoms with Gasteiger partial charge in [0.15, 0.2) is 0 Å². The van der Waals surface area contributed by atoms with Crippen molar-refractivity contribution in [2.24, 2.45) is 0 Å². The number of benzene rings is 1. The molecule has 0 unspecified atom stereocenters. The number of nitrogens with zero attached hydrogens (tertiary/aromatic N) is 1. The molecule has 0 radical (unpaired) electrons. The van der Waals surface area contributed by atoms with Crippen LogP contribution >= 0.6 is 11.6 Å². The zero-order valence-corrected chi connectivity index (χ0v) is 9.31. The molecule has 2 rings (SSSR count). The minimum Gasteiger partial charge on any atom is -0.236 e. The van der Waals surface area contributed by atoms with Gasteiger partial charge < -0.3 is 0 Å². The first kappa shape index (κ1) is 9.47. The van der Waals surface area contributed by atoms with Crippen molar-refractivity contribution in [3.63, 3.8) is 0 Å². The highest BCUT2D eigenvalue weighted by atomic mass is 35.5. The van der Waals surface area contributed by atoms with E-state index < -0.39 is 0 Å². The first-order valence-corrected chi connectivity index (χ1v) is 5.01. The van der Waals surface area contributed by atoms with Crippen molar-refractivity contribution in [2.45, 2.75) is 20.8 Å². The number of pyridine rings is 1. The molecule has 2 aromatic rings. The number of aromatic nitrogens is 1. The summed E-state index contributed by atoms with van der Waals surface area (Å²) >= 11 is 6.05. The molecule has 0 atom stereocenters. The minimum absolute atomic E-state index is 0.615. The predicted molar refractivity (Wildman–Crippen MR) is 61.0 cm³/mol. The third-order valence-electron chi connectivity index (χ3n) is 2.72. The lowest BCUT2D eigenvalue weighted by atomic mass is 10.0. The SMILES string of the molecule is Cc1c(Cl)nc2c(C)cccc2c1C. The van der Waals surface area contributed by atoms with E-state index in [1.54, 1.807) is 0 Å². The first-order valence-electron chi connectivity index (χ1n) is 4.63. The zero-order valence-electron chi connectivity index (χ0n) is 8.56. The van der Waals surface area contributed by atoms with Crippen LogP contribution in [0.3, 0.4) is 0 Å². The summed E-state index contributed by atoms with van der Waals surface area (Å²) in [6.07, 6.45) is 0. The number of para-hydroxylation sites is 1. The Labute approximate surface area is 88.7 Å². The minimum atomic E-state index is 0.615. The van der Waals surface area contributed by atoms with Gasteiger partial charge in [-0.3, -0.25) is 0 Å². The Morgan fingerprint density at radius 2 is 1.79 bits per heavy atom. The number of rotatable bonds is 0. The van der Waals surface area contributed by atoms with Gasteiger partial charge in [0, 0.05) is 5.39 Å². The van der Waals surface area contributed by atoms with Crippen LogP contribution in [0.5, 0.6) is 0 Å². The molecule has 1 heterocycles. The van der Waals surface area contributed by atoms with Crippen LogP contribution in [0.2, 0.25) is 5.15 Å². The summed E-state index contributed by atoms with van der Waals surface area (Å²) in [5.74, 6) is 0. The van der Waals surface area contributed by atoms with Crippen LogP contribution in [0.1, 0.15) is 16.7 Å². The Balaban J connectivity index is 2.98. The quantitative estimate of drug-likeness (QED) is 0.596.